The Labute approximate surface area is 177 Å². The lowest BCUT2D eigenvalue weighted by Crippen LogP contribution is -2.69. The first kappa shape index (κ1) is 24.6. The van der Waals surface area contributed by atoms with Crippen molar-refractivity contribution in [1.82, 2.24) is 5.32 Å². The van der Waals surface area contributed by atoms with Crippen LogP contribution in [0.5, 0.6) is 11.5 Å². The molecule has 1 atom stereocenters. The molecular weight excluding hydrogens is 450 g/mol. The molecule has 0 aliphatic rings. The van der Waals surface area contributed by atoms with Gasteiger partial charge >= 0.3 is 30.3 Å². The first-order valence-corrected chi connectivity index (χ1v) is 8.79. The summed E-state index contributed by atoms with van der Waals surface area (Å²) in [6.07, 6.45) is -10.4. The fourth-order valence-corrected chi connectivity index (χ4v) is 2.32. The predicted octanol–water partition coefficient (Wildman–Crippen LogP) is 4.61. The highest BCUT2D eigenvalue weighted by molar-refractivity contribution is 5.94. The van der Waals surface area contributed by atoms with Crippen molar-refractivity contribution >= 4 is 17.7 Å². The minimum atomic E-state index is -5.46. The summed E-state index contributed by atoms with van der Waals surface area (Å²) < 4.78 is 91.4. The molecule has 2 N–H and O–H groups in total. The molecule has 2 aromatic rings. The molecule has 13 heteroatoms. The van der Waals surface area contributed by atoms with Gasteiger partial charge in [0, 0.05) is 5.69 Å². The number of hydrogen-bond donors (Lipinski definition) is 2. The van der Waals surface area contributed by atoms with Crippen LogP contribution in [-0.4, -0.2) is 36.9 Å². The summed E-state index contributed by atoms with van der Waals surface area (Å²) in [5, 5.41) is 3.39. The van der Waals surface area contributed by atoms with Crippen LogP contribution >= 0.6 is 0 Å². The summed E-state index contributed by atoms with van der Waals surface area (Å²) in [6.45, 7) is 0.810. The van der Waals surface area contributed by atoms with Gasteiger partial charge in [0.15, 0.2) is 0 Å². The Morgan fingerprint density at radius 2 is 1.41 bits per heavy atom. The second kappa shape index (κ2) is 9.66. The average Bonchev–Trinajstić information content (AvgIpc) is 2.68. The van der Waals surface area contributed by atoms with E-state index in [0.717, 1.165) is 36.4 Å². The minimum Gasteiger partial charge on any atom is -0.461 e. The van der Waals surface area contributed by atoms with Crippen LogP contribution in [0.4, 0.5) is 36.8 Å². The van der Waals surface area contributed by atoms with E-state index >= 15 is 0 Å². The van der Waals surface area contributed by atoms with E-state index in [0.29, 0.717) is 0 Å². The summed E-state index contributed by atoms with van der Waals surface area (Å²) in [4.78, 5) is 24.5. The number of nitrogens with one attached hydrogen (secondary N) is 2. The summed E-state index contributed by atoms with van der Waals surface area (Å²) in [7, 11) is 0. The lowest BCUT2D eigenvalue weighted by Gasteiger charge is -2.33. The van der Waals surface area contributed by atoms with Crippen LogP contribution in [0, 0.1) is 0 Å². The number of halogens is 6. The topological polar surface area (TPSA) is 85.9 Å². The van der Waals surface area contributed by atoms with Crippen LogP contribution in [0.1, 0.15) is 6.92 Å². The Hall–Kier alpha value is -3.64. The number of rotatable bonds is 7. The number of ether oxygens (including phenoxy) is 3. The standard InChI is InChI=1S/C19H16F6N2O5/c1-2-30-15(28)17(18(20,21)22,31-13-6-4-3-5-7-13)27-16(29)26-12-8-10-14(11-9-12)32-19(23,24)25/h3-11H,2H2,1H3,(H2,26,27,29)/t17-/m0/s1. The van der Waals surface area contributed by atoms with Crippen LogP contribution in [0.15, 0.2) is 54.6 Å². The molecule has 7 nitrogen and oxygen atoms in total. The van der Waals surface area contributed by atoms with E-state index in [1.54, 1.807) is 0 Å². The molecule has 2 aromatic carbocycles. The molecule has 2 amide bonds. The molecule has 0 radical (unpaired) electrons. The van der Waals surface area contributed by atoms with Gasteiger partial charge in [-0.15, -0.1) is 13.2 Å². The first-order valence-electron chi connectivity index (χ1n) is 8.79. The van der Waals surface area contributed by atoms with E-state index in [2.05, 4.69) is 9.47 Å². The Morgan fingerprint density at radius 3 is 1.91 bits per heavy atom. The number of para-hydroxylation sites is 1. The molecule has 0 spiro atoms. The van der Waals surface area contributed by atoms with E-state index in [-0.39, 0.29) is 5.69 Å². The molecule has 0 aromatic heterocycles. The fraction of sp³-hybridized carbons (Fsp3) is 0.263. The zero-order valence-corrected chi connectivity index (χ0v) is 16.2. The molecule has 2 rings (SSSR count). The smallest absolute Gasteiger partial charge is 0.461 e. The van der Waals surface area contributed by atoms with Gasteiger partial charge in [-0.2, -0.15) is 13.2 Å². The van der Waals surface area contributed by atoms with Crippen molar-refractivity contribution in [2.24, 2.45) is 0 Å². The maximum absolute atomic E-state index is 14.0. The lowest BCUT2D eigenvalue weighted by atomic mass is 10.2. The minimum absolute atomic E-state index is 0.198. The van der Waals surface area contributed by atoms with E-state index in [4.69, 9.17) is 4.74 Å². The van der Waals surface area contributed by atoms with Crippen molar-refractivity contribution in [2.45, 2.75) is 25.2 Å². The fourth-order valence-electron chi connectivity index (χ4n) is 2.32. The largest absolute Gasteiger partial charge is 0.573 e. The second-order valence-corrected chi connectivity index (χ2v) is 5.97. The Kier molecular flexibility index (Phi) is 7.44. The van der Waals surface area contributed by atoms with Gasteiger partial charge in [-0.05, 0) is 43.3 Å². The highest BCUT2D eigenvalue weighted by atomic mass is 19.4. The average molecular weight is 466 g/mol. The van der Waals surface area contributed by atoms with Crippen LogP contribution in [0.25, 0.3) is 0 Å². The number of anilines is 1. The molecule has 174 valence electrons. The number of amides is 2. The van der Waals surface area contributed by atoms with Crippen molar-refractivity contribution in [3.8, 4) is 11.5 Å². The highest BCUT2D eigenvalue weighted by Gasteiger charge is 2.66. The number of alkyl halides is 6. The molecular formula is C19H16F6N2O5. The van der Waals surface area contributed by atoms with Crippen molar-refractivity contribution in [3.63, 3.8) is 0 Å². The molecule has 0 fully saturated rings. The Bertz CT molecular complexity index is 919. The van der Waals surface area contributed by atoms with Gasteiger partial charge in [0.1, 0.15) is 11.5 Å². The second-order valence-electron chi connectivity index (χ2n) is 5.97. The van der Waals surface area contributed by atoms with Crippen molar-refractivity contribution < 1.29 is 50.1 Å². The van der Waals surface area contributed by atoms with Crippen molar-refractivity contribution in [3.05, 3.63) is 54.6 Å². The predicted molar refractivity (Wildman–Crippen MR) is 97.8 cm³/mol. The van der Waals surface area contributed by atoms with Gasteiger partial charge in [-0.1, -0.05) is 18.2 Å². The van der Waals surface area contributed by atoms with Crippen LogP contribution in [-0.2, 0) is 9.53 Å². The third-order valence-electron chi connectivity index (χ3n) is 3.61. The van der Waals surface area contributed by atoms with Gasteiger partial charge < -0.3 is 19.5 Å². The third-order valence-corrected chi connectivity index (χ3v) is 3.61. The molecule has 0 saturated carbocycles. The van der Waals surface area contributed by atoms with Crippen LogP contribution in [0.3, 0.4) is 0 Å². The zero-order valence-electron chi connectivity index (χ0n) is 16.2. The molecule has 32 heavy (non-hydrogen) atoms. The van der Waals surface area contributed by atoms with Gasteiger partial charge in [0.2, 0.25) is 0 Å². The quantitative estimate of drug-likeness (QED) is 0.354. The lowest BCUT2D eigenvalue weighted by molar-refractivity contribution is -0.274. The monoisotopic (exact) mass is 466 g/mol. The summed E-state index contributed by atoms with van der Waals surface area (Å²) in [6, 6.07) is 8.40. The van der Waals surface area contributed by atoms with E-state index in [1.807, 2.05) is 5.32 Å². The Balaban J connectivity index is 2.28. The van der Waals surface area contributed by atoms with Gasteiger partial charge in [0.25, 0.3) is 0 Å². The molecule has 0 heterocycles. The van der Waals surface area contributed by atoms with E-state index in [1.165, 1.54) is 30.4 Å². The van der Waals surface area contributed by atoms with E-state index < -0.39 is 48.4 Å². The third kappa shape index (κ3) is 6.43. The van der Waals surface area contributed by atoms with Gasteiger partial charge in [-0.3, -0.25) is 5.32 Å². The zero-order chi connectivity index (χ0) is 24.0. The van der Waals surface area contributed by atoms with Gasteiger partial charge in [0.05, 0.1) is 6.61 Å². The van der Waals surface area contributed by atoms with Crippen molar-refractivity contribution in [2.75, 3.05) is 11.9 Å². The normalized spacial score (nSPS) is 13.5. The number of esters is 1. The highest BCUT2D eigenvalue weighted by Crippen LogP contribution is 2.34. The number of benzene rings is 2. The maximum Gasteiger partial charge on any atom is 0.573 e. The van der Waals surface area contributed by atoms with Crippen molar-refractivity contribution in [1.29, 1.82) is 0 Å². The number of hydrogen-bond acceptors (Lipinski definition) is 5. The molecule has 0 unspecified atom stereocenters. The molecule has 0 aliphatic carbocycles. The number of carbonyl (C=O) groups is 2. The molecule has 0 aliphatic heterocycles. The maximum atomic E-state index is 14.0. The van der Waals surface area contributed by atoms with Crippen LogP contribution in [0.2, 0.25) is 0 Å². The number of carbonyl (C=O) groups excluding carboxylic acids is 2. The van der Waals surface area contributed by atoms with Crippen LogP contribution < -0.4 is 20.1 Å². The Morgan fingerprint density at radius 1 is 0.844 bits per heavy atom. The SMILES string of the molecule is CCOC(=O)[C@](NC(=O)Nc1ccc(OC(F)(F)F)cc1)(Oc1ccccc1)C(F)(F)F. The molecule has 0 bridgehead atoms. The first-order chi connectivity index (χ1) is 14.9. The van der Waals surface area contributed by atoms with E-state index in [9.17, 15) is 35.9 Å². The summed E-state index contributed by atoms with van der Waals surface area (Å²) in [5.41, 5.74) is -4.11. The van der Waals surface area contributed by atoms with Gasteiger partial charge in [-0.25, -0.2) is 9.59 Å². The number of urea groups is 1. The molecule has 0 saturated heterocycles. The summed E-state index contributed by atoms with van der Waals surface area (Å²) in [5.74, 6) is -2.95. The summed E-state index contributed by atoms with van der Waals surface area (Å²) >= 11 is 0.